The summed E-state index contributed by atoms with van der Waals surface area (Å²) < 4.78 is 13.4. The average molecular weight is 259 g/mol. The molecule has 0 aliphatic carbocycles. The molecule has 0 radical (unpaired) electrons. The molecule has 1 unspecified atom stereocenters. The fraction of sp³-hybridized carbons (Fsp3) is 0.364. The molecule has 1 aromatic rings. The zero-order valence-electron chi connectivity index (χ0n) is 8.18. The third-order valence-corrected chi connectivity index (χ3v) is 2.50. The molecule has 1 atom stereocenters. The van der Waals surface area contributed by atoms with Crippen LogP contribution in [0.25, 0.3) is 0 Å². The smallest absolute Gasteiger partial charge is 0.179 e. The second kappa shape index (κ2) is 4.69. The Morgan fingerprint density at radius 2 is 2.21 bits per heavy atom. The van der Waals surface area contributed by atoms with Gasteiger partial charge in [0, 0.05) is 0 Å². The van der Waals surface area contributed by atoms with E-state index in [4.69, 9.17) is 0 Å². The number of hydrogen-bond donors (Lipinski definition) is 0. The van der Waals surface area contributed by atoms with Crippen LogP contribution < -0.4 is 0 Å². The minimum atomic E-state index is -0.430. The maximum absolute atomic E-state index is 13.4. The molecule has 0 aromatic heterocycles. The number of carbonyl (C=O) groups is 1. The number of benzene rings is 1. The summed E-state index contributed by atoms with van der Waals surface area (Å²) in [5.41, 5.74) is 0.987. The normalized spacial score (nSPS) is 12.6. The van der Waals surface area contributed by atoms with Crippen molar-refractivity contribution < 1.29 is 9.18 Å². The van der Waals surface area contributed by atoms with Crippen molar-refractivity contribution in [2.75, 3.05) is 0 Å². The summed E-state index contributed by atoms with van der Waals surface area (Å²) in [6.45, 7) is 3.61. The lowest BCUT2D eigenvalue weighted by Crippen LogP contribution is -2.14. The van der Waals surface area contributed by atoms with Gasteiger partial charge < -0.3 is 0 Å². The van der Waals surface area contributed by atoms with Crippen LogP contribution in [-0.2, 0) is 6.42 Å². The first-order valence-corrected chi connectivity index (χ1v) is 5.45. The van der Waals surface area contributed by atoms with Gasteiger partial charge in [-0.05, 0) is 25.0 Å². The molecule has 1 rings (SSSR count). The summed E-state index contributed by atoms with van der Waals surface area (Å²) in [6, 6.07) is 4.73. The molecule has 14 heavy (non-hydrogen) atoms. The maximum atomic E-state index is 13.4. The zero-order chi connectivity index (χ0) is 10.7. The lowest BCUT2D eigenvalue weighted by molar-refractivity contribution is 0.0991. The van der Waals surface area contributed by atoms with Crippen molar-refractivity contribution in [3.05, 3.63) is 35.1 Å². The highest BCUT2D eigenvalue weighted by Crippen LogP contribution is 2.18. The molecule has 0 heterocycles. The van der Waals surface area contributed by atoms with Crippen LogP contribution in [0.3, 0.4) is 0 Å². The minimum Gasteiger partial charge on any atom is -0.293 e. The summed E-state index contributed by atoms with van der Waals surface area (Å²) >= 11 is 3.16. The van der Waals surface area contributed by atoms with E-state index in [0.717, 1.165) is 5.56 Å². The van der Waals surface area contributed by atoms with E-state index in [0.29, 0.717) is 6.42 Å². The summed E-state index contributed by atoms with van der Waals surface area (Å²) in [7, 11) is 0. The Morgan fingerprint density at radius 3 is 2.71 bits per heavy atom. The van der Waals surface area contributed by atoms with E-state index >= 15 is 0 Å². The second-order valence-electron chi connectivity index (χ2n) is 3.11. The monoisotopic (exact) mass is 258 g/mol. The number of Topliss-reactive ketones (excluding diaryl/α,β-unsaturated/α-hetero) is 1. The Labute approximate surface area is 91.5 Å². The summed E-state index contributed by atoms with van der Waals surface area (Å²) in [6.07, 6.45) is 0.665. The Kier molecular flexibility index (Phi) is 3.81. The van der Waals surface area contributed by atoms with Crippen LogP contribution in [0, 0.1) is 5.82 Å². The Balaban J connectivity index is 3.23. The van der Waals surface area contributed by atoms with E-state index in [9.17, 15) is 9.18 Å². The highest BCUT2D eigenvalue weighted by Gasteiger charge is 2.19. The molecule has 0 fully saturated rings. The van der Waals surface area contributed by atoms with Crippen molar-refractivity contribution in [1.29, 1.82) is 0 Å². The third kappa shape index (κ3) is 2.21. The molecule has 0 spiro atoms. The van der Waals surface area contributed by atoms with Gasteiger partial charge in [0.05, 0.1) is 10.4 Å². The van der Waals surface area contributed by atoms with E-state index in [1.807, 2.05) is 6.92 Å². The van der Waals surface area contributed by atoms with Crippen LogP contribution in [0.1, 0.15) is 29.8 Å². The van der Waals surface area contributed by atoms with Crippen molar-refractivity contribution in [2.24, 2.45) is 0 Å². The van der Waals surface area contributed by atoms with E-state index in [-0.39, 0.29) is 16.2 Å². The number of hydrogen-bond acceptors (Lipinski definition) is 1. The topological polar surface area (TPSA) is 17.1 Å². The molecular formula is C11H12BrFO. The van der Waals surface area contributed by atoms with Crippen molar-refractivity contribution in [3.8, 4) is 0 Å². The molecule has 0 amide bonds. The Hall–Kier alpha value is -0.700. The molecule has 3 heteroatoms. The van der Waals surface area contributed by atoms with Gasteiger partial charge >= 0.3 is 0 Å². The number of alkyl halides is 1. The fourth-order valence-electron chi connectivity index (χ4n) is 1.34. The van der Waals surface area contributed by atoms with Crippen molar-refractivity contribution >= 4 is 21.7 Å². The number of rotatable bonds is 3. The highest BCUT2D eigenvalue weighted by atomic mass is 79.9. The number of halogens is 2. The Morgan fingerprint density at radius 1 is 1.57 bits per heavy atom. The summed E-state index contributed by atoms with van der Waals surface area (Å²) in [5, 5.41) is 0. The Bertz CT molecular complexity index is 347. The van der Waals surface area contributed by atoms with Gasteiger partial charge in [-0.3, -0.25) is 4.79 Å². The van der Waals surface area contributed by atoms with Crippen molar-refractivity contribution in [2.45, 2.75) is 25.1 Å². The molecule has 1 aromatic carbocycles. The first kappa shape index (κ1) is 11.4. The molecule has 76 valence electrons. The fourth-order valence-corrected chi connectivity index (χ4v) is 1.57. The van der Waals surface area contributed by atoms with Crippen molar-refractivity contribution in [3.63, 3.8) is 0 Å². The molecule has 0 saturated heterocycles. The summed E-state index contributed by atoms with van der Waals surface area (Å²) in [5.74, 6) is -0.624. The van der Waals surface area contributed by atoms with E-state index < -0.39 is 5.82 Å². The van der Waals surface area contributed by atoms with Crippen LogP contribution in [0.4, 0.5) is 4.39 Å². The van der Waals surface area contributed by atoms with Gasteiger partial charge in [0.25, 0.3) is 0 Å². The van der Waals surface area contributed by atoms with Gasteiger partial charge in [-0.15, -0.1) is 0 Å². The quantitative estimate of drug-likeness (QED) is 0.601. The van der Waals surface area contributed by atoms with Gasteiger partial charge in [-0.2, -0.15) is 0 Å². The van der Waals surface area contributed by atoms with E-state index in [2.05, 4.69) is 15.9 Å². The van der Waals surface area contributed by atoms with Crippen LogP contribution in [-0.4, -0.2) is 10.6 Å². The molecule has 0 bridgehead atoms. The van der Waals surface area contributed by atoms with Gasteiger partial charge in [0.1, 0.15) is 5.82 Å². The number of carbonyl (C=O) groups excluding carboxylic acids is 1. The standard InChI is InChI=1S/C11H12BrFO/c1-3-8-5-4-6-9(13)10(8)11(14)7(2)12/h4-7H,3H2,1-2H3. The lowest BCUT2D eigenvalue weighted by atomic mass is 10.00. The van der Waals surface area contributed by atoms with Crippen LogP contribution in [0.2, 0.25) is 0 Å². The molecular weight excluding hydrogens is 247 g/mol. The van der Waals surface area contributed by atoms with Crippen LogP contribution in [0.5, 0.6) is 0 Å². The van der Waals surface area contributed by atoms with Gasteiger partial charge in [0.2, 0.25) is 0 Å². The SMILES string of the molecule is CCc1cccc(F)c1C(=O)C(C)Br. The maximum Gasteiger partial charge on any atom is 0.179 e. The first-order valence-electron chi connectivity index (χ1n) is 4.53. The van der Waals surface area contributed by atoms with E-state index in [1.54, 1.807) is 19.1 Å². The third-order valence-electron chi connectivity index (χ3n) is 2.09. The lowest BCUT2D eigenvalue weighted by Gasteiger charge is -2.09. The molecule has 0 N–H and O–H groups in total. The molecule has 0 aliphatic heterocycles. The molecule has 0 saturated carbocycles. The van der Waals surface area contributed by atoms with Crippen LogP contribution >= 0.6 is 15.9 Å². The van der Waals surface area contributed by atoms with Crippen LogP contribution in [0.15, 0.2) is 18.2 Å². The van der Waals surface area contributed by atoms with Gasteiger partial charge in [-0.1, -0.05) is 35.0 Å². The number of ketones is 1. The largest absolute Gasteiger partial charge is 0.293 e. The first-order chi connectivity index (χ1) is 6.57. The van der Waals surface area contributed by atoms with Crippen molar-refractivity contribution in [1.82, 2.24) is 0 Å². The zero-order valence-corrected chi connectivity index (χ0v) is 9.77. The highest BCUT2D eigenvalue weighted by molar-refractivity contribution is 9.10. The van der Waals surface area contributed by atoms with Gasteiger partial charge in [0.15, 0.2) is 5.78 Å². The number of aryl methyl sites for hydroxylation is 1. The predicted molar refractivity (Wildman–Crippen MR) is 58.5 cm³/mol. The summed E-state index contributed by atoms with van der Waals surface area (Å²) in [4.78, 5) is 11.3. The minimum absolute atomic E-state index is 0.194. The average Bonchev–Trinajstić information content (AvgIpc) is 2.16. The van der Waals surface area contributed by atoms with E-state index in [1.165, 1.54) is 6.07 Å². The molecule has 1 nitrogen and oxygen atoms in total. The van der Waals surface area contributed by atoms with Gasteiger partial charge in [-0.25, -0.2) is 4.39 Å². The predicted octanol–water partition coefficient (Wildman–Crippen LogP) is 3.35. The second-order valence-corrected chi connectivity index (χ2v) is 4.48. The molecule has 0 aliphatic rings.